The van der Waals surface area contributed by atoms with Crippen LogP contribution < -0.4 is 11.0 Å². The fourth-order valence-electron chi connectivity index (χ4n) is 3.87. The molecule has 1 aromatic carbocycles. The van der Waals surface area contributed by atoms with Gasteiger partial charge >= 0.3 is 5.69 Å². The summed E-state index contributed by atoms with van der Waals surface area (Å²) in [4.78, 5) is 31.7. The molecule has 0 fully saturated rings. The number of carbonyl (C=O) groups is 1. The molecular formula is C23H31FN4O2S. The Morgan fingerprint density at radius 3 is 2.61 bits per heavy atom. The molecule has 0 aliphatic heterocycles. The average Bonchev–Trinajstić information content (AvgIpc) is 2.79. The maximum absolute atomic E-state index is 13.0. The summed E-state index contributed by atoms with van der Waals surface area (Å²) in [5.74, 6) is -0.233. The second-order valence-electron chi connectivity index (χ2n) is 7.70. The van der Waals surface area contributed by atoms with Gasteiger partial charge in [0.2, 0.25) is 5.91 Å². The molecule has 3 rings (SSSR count). The van der Waals surface area contributed by atoms with Gasteiger partial charge in [-0.25, -0.2) is 9.18 Å². The van der Waals surface area contributed by atoms with Gasteiger partial charge in [-0.05, 0) is 56.5 Å². The summed E-state index contributed by atoms with van der Waals surface area (Å²) in [5.41, 5.74) is 2.84. The number of aromatic nitrogens is 2. The SMILES string of the molecule is CCN(CC)CCn1c2c(c(SCC(=O)NCc3ccc(F)cc3)nc1=O)CCCC2. The molecule has 1 aliphatic rings. The zero-order chi connectivity index (χ0) is 22.2. The number of hydrogen-bond donors (Lipinski definition) is 1. The first-order valence-corrected chi connectivity index (χ1v) is 12.0. The van der Waals surface area contributed by atoms with Crippen LogP contribution in [0.25, 0.3) is 0 Å². The van der Waals surface area contributed by atoms with Gasteiger partial charge in [0.1, 0.15) is 10.8 Å². The van der Waals surface area contributed by atoms with E-state index in [1.54, 1.807) is 12.1 Å². The molecule has 0 radical (unpaired) electrons. The second-order valence-corrected chi connectivity index (χ2v) is 8.67. The minimum atomic E-state index is -0.298. The third kappa shape index (κ3) is 6.40. The van der Waals surface area contributed by atoms with Gasteiger partial charge in [-0.2, -0.15) is 4.98 Å². The highest BCUT2D eigenvalue weighted by Gasteiger charge is 2.21. The number of carbonyl (C=O) groups excluding carboxylic acids is 1. The summed E-state index contributed by atoms with van der Waals surface area (Å²) in [6, 6.07) is 6.06. The van der Waals surface area contributed by atoms with Crippen molar-refractivity contribution in [1.82, 2.24) is 19.8 Å². The van der Waals surface area contributed by atoms with Crippen LogP contribution in [0.4, 0.5) is 4.39 Å². The van der Waals surface area contributed by atoms with Crippen molar-refractivity contribution in [2.24, 2.45) is 0 Å². The fourth-order valence-corrected chi connectivity index (χ4v) is 4.77. The van der Waals surface area contributed by atoms with Crippen LogP contribution >= 0.6 is 11.8 Å². The number of fused-ring (bicyclic) bond motifs is 1. The van der Waals surface area contributed by atoms with Gasteiger partial charge < -0.3 is 10.2 Å². The Bertz CT molecular complexity index is 942. The first-order valence-electron chi connectivity index (χ1n) is 11.0. The molecular weight excluding hydrogens is 415 g/mol. The molecule has 31 heavy (non-hydrogen) atoms. The largest absolute Gasteiger partial charge is 0.351 e. The summed E-state index contributed by atoms with van der Waals surface area (Å²) in [6.07, 6.45) is 3.93. The van der Waals surface area contributed by atoms with E-state index in [9.17, 15) is 14.0 Å². The van der Waals surface area contributed by atoms with E-state index < -0.39 is 0 Å². The van der Waals surface area contributed by atoms with Crippen molar-refractivity contribution in [3.05, 3.63) is 57.4 Å². The van der Waals surface area contributed by atoms with Gasteiger partial charge in [0.15, 0.2) is 0 Å². The maximum Gasteiger partial charge on any atom is 0.348 e. The number of hydrogen-bond acceptors (Lipinski definition) is 5. The van der Waals surface area contributed by atoms with E-state index in [0.29, 0.717) is 18.1 Å². The molecule has 1 aromatic heterocycles. The van der Waals surface area contributed by atoms with E-state index in [2.05, 4.69) is 29.0 Å². The quantitative estimate of drug-likeness (QED) is 0.449. The Morgan fingerprint density at radius 1 is 1.19 bits per heavy atom. The van der Waals surface area contributed by atoms with Crippen LogP contribution in [0.3, 0.4) is 0 Å². The fraction of sp³-hybridized carbons (Fsp3) is 0.522. The summed E-state index contributed by atoms with van der Waals surface area (Å²) in [7, 11) is 0. The van der Waals surface area contributed by atoms with Crippen LogP contribution in [0.5, 0.6) is 0 Å². The van der Waals surface area contributed by atoms with Crippen LogP contribution in [0, 0.1) is 5.82 Å². The molecule has 1 aliphatic carbocycles. The Labute approximate surface area is 187 Å². The number of benzene rings is 1. The average molecular weight is 447 g/mol. The van der Waals surface area contributed by atoms with Crippen molar-refractivity contribution in [2.45, 2.75) is 57.6 Å². The molecule has 1 heterocycles. The zero-order valence-corrected chi connectivity index (χ0v) is 19.1. The Hall–Kier alpha value is -2.19. The van der Waals surface area contributed by atoms with Crippen molar-refractivity contribution in [3.63, 3.8) is 0 Å². The molecule has 8 heteroatoms. The first kappa shape index (κ1) is 23.5. The second kappa shape index (κ2) is 11.4. The van der Waals surface area contributed by atoms with E-state index in [1.807, 2.05) is 4.57 Å². The molecule has 168 valence electrons. The van der Waals surface area contributed by atoms with Crippen LogP contribution in [0.1, 0.15) is 43.5 Å². The maximum atomic E-state index is 13.0. The number of nitrogens with zero attached hydrogens (tertiary/aromatic N) is 3. The van der Waals surface area contributed by atoms with Crippen molar-refractivity contribution in [2.75, 3.05) is 25.4 Å². The van der Waals surface area contributed by atoms with Crippen LogP contribution in [0.2, 0.25) is 0 Å². The first-order chi connectivity index (χ1) is 15.0. The van der Waals surface area contributed by atoms with E-state index in [-0.39, 0.29) is 23.2 Å². The number of rotatable bonds is 10. The highest BCUT2D eigenvalue weighted by Crippen LogP contribution is 2.28. The number of amides is 1. The Morgan fingerprint density at radius 2 is 1.90 bits per heavy atom. The lowest BCUT2D eigenvalue weighted by atomic mass is 9.97. The Balaban J connectivity index is 1.65. The van der Waals surface area contributed by atoms with Crippen molar-refractivity contribution < 1.29 is 9.18 Å². The smallest absolute Gasteiger partial charge is 0.348 e. The van der Waals surface area contributed by atoms with Gasteiger partial charge in [-0.15, -0.1) is 0 Å². The predicted octanol–water partition coefficient (Wildman–Crippen LogP) is 3.01. The molecule has 0 atom stereocenters. The summed E-state index contributed by atoms with van der Waals surface area (Å²) in [6.45, 7) is 8.00. The number of nitrogens with one attached hydrogen (secondary N) is 1. The third-order valence-electron chi connectivity index (χ3n) is 5.73. The minimum Gasteiger partial charge on any atom is -0.351 e. The monoisotopic (exact) mass is 446 g/mol. The van der Waals surface area contributed by atoms with Crippen molar-refractivity contribution >= 4 is 17.7 Å². The predicted molar refractivity (Wildman–Crippen MR) is 122 cm³/mol. The van der Waals surface area contributed by atoms with Crippen LogP contribution in [-0.2, 0) is 30.7 Å². The van der Waals surface area contributed by atoms with Gasteiger partial charge in [0.25, 0.3) is 0 Å². The van der Waals surface area contributed by atoms with E-state index in [4.69, 9.17) is 0 Å². The van der Waals surface area contributed by atoms with E-state index >= 15 is 0 Å². The van der Waals surface area contributed by atoms with Crippen molar-refractivity contribution in [1.29, 1.82) is 0 Å². The Kier molecular flexibility index (Phi) is 8.66. The topological polar surface area (TPSA) is 67.2 Å². The lowest BCUT2D eigenvalue weighted by Crippen LogP contribution is -2.35. The minimum absolute atomic E-state index is 0.133. The van der Waals surface area contributed by atoms with Gasteiger partial charge in [-0.3, -0.25) is 9.36 Å². The van der Waals surface area contributed by atoms with Gasteiger partial charge in [0, 0.05) is 30.9 Å². The standard InChI is InChI=1S/C23H31FN4O2S/c1-3-27(4-2)13-14-28-20-8-6-5-7-19(20)22(26-23(28)30)31-16-21(29)25-15-17-9-11-18(24)12-10-17/h9-12H,3-8,13-16H2,1-2H3,(H,25,29). The molecule has 1 N–H and O–H groups in total. The third-order valence-corrected chi connectivity index (χ3v) is 6.75. The highest BCUT2D eigenvalue weighted by atomic mass is 32.2. The molecule has 2 aromatic rings. The molecule has 0 spiro atoms. The summed E-state index contributed by atoms with van der Waals surface area (Å²) < 4.78 is 14.8. The van der Waals surface area contributed by atoms with Crippen LogP contribution in [-0.4, -0.2) is 45.7 Å². The molecule has 0 bridgehead atoms. The summed E-state index contributed by atoms with van der Waals surface area (Å²) in [5, 5.41) is 3.53. The molecule has 0 saturated heterocycles. The normalized spacial score (nSPS) is 13.3. The summed E-state index contributed by atoms with van der Waals surface area (Å²) >= 11 is 1.33. The lowest BCUT2D eigenvalue weighted by Gasteiger charge is -2.24. The number of likely N-dealkylation sites (N-methyl/N-ethyl adjacent to an activating group) is 1. The molecule has 0 unspecified atom stereocenters. The lowest BCUT2D eigenvalue weighted by molar-refractivity contribution is -0.118. The molecule has 0 saturated carbocycles. The number of halogens is 1. The van der Waals surface area contributed by atoms with Gasteiger partial charge in [-0.1, -0.05) is 37.7 Å². The molecule has 1 amide bonds. The highest BCUT2D eigenvalue weighted by molar-refractivity contribution is 7.99. The van der Waals surface area contributed by atoms with Gasteiger partial charge in [0.05, 0.1) is 5.75 Å². The van der Waals surface area contributed by atoms with Crippen molar-refractivity contribution in [3.8, 4) is 0 Å². The number of thioether (sulfide) groups is 1. The zero-order valence-electron chi connectivity index (χ0n) is 18.3. The molecule has 6 nitrogen and oxygen atoms in total. The van der Waals surface area contributed by atoms with E-state index in [0.717, 1.165) is 62.1 Å². The van der Waals surface area contributed by atoms with E-state index in [1.165, 1.54) is 23.9 Å². The van der Waals surface area contributed by atoms with Crippen LogP contribution in [0.15, 0.2) is 34.1 Å².